The van der Waals surface area contributed by atoms with Crippen molar-refractivity contribution in [3.05, 3.63) is 76.9 Å². The fraction of sp³-hybridized carbons (Fsp3) is 0.414. The monoisotopic (exact) mass is 518 g/mol. The summed E-state index contributed by atoms with van der Waals surface area (Å²) in [6, 6.07) is 14.4. The molecule has 0 radical (unpaired) electrons. The van der Waals surface area contributed by atoms with E-state index >= 15 is 0 Å². The summed E-state index contributed by atoms with van der Waals surface area (Å²) in [7, 11) is 2.09. The Labute approximate surface area is 222 Å². The van der Waals surface area contributed by atoms with E-state index in [9.17, 15) is 9.47 Å². The van der Waals surface area contributed by atoms with E-state index in [-0.39, 0.29) is 12.1 Å². The Morgan fingerprint density at radius 1 is 1.32 bits per heavy atom. The molecule has 37 heavy (non-hydrogen) atoms. The molecule has 194 valence electrons. The maximum absolute atomic E-state index is 11.3. The van der Waals surface area contributed by atoms with Crippen molar-refractivity contribution in [3.8, 4) is 11.8 Å². The Morgan fingerprint density at radius 2 is 2.14 bits per heavy atom. The van der Waals surface area contributed by atoms with Gasteiger partial charge in [0, 0.05) is 24.4 Å². The second kappa shape index (κ2) is 12.0. The average Bonchev–Trinajstić information content (AvgIpc) is 3.49. The van der Waals surface area contributed by atoms with Gasteiger partial charge in [-0.05, 0) is 74.5 Å². The molecular weight excluding hydrogens is 484 g/mol. The fourth-order valence-corrected chi connectivity index (χ4v) is 5.52. The van der Waals surface area contributed by atoms with Gasteiger partial charge in [-0.15, -0.1) is 6.58 Å². The number of hydrogen-bond acceptors (Lipinski definition) is 7. The summed E-state index contributed by atoms with van der Waals surface area (Å²) in [5.41, 5.74) is 5.83. The lowest BCUT2D eigenvalue weighted by Crippen LogP contribution is -2.31. The molecule has 0 bridgehead atoms. The second-order valence-corrected chi connectivity index (χ2v) is 10.7. The Bertz CT molecular complexity index is 1290. The first-order chi connectivity index (χ1) is 17.8. The molecule has 1 aliphatic heterocycles. The van der Waals surface area contributed by atoms with E-state index in [0.717, 1.165) is 35.5 Å². The highest BCUT2D eigenvalue weighted by Gasteiger charge is 2.36. The van der Waals surface area contributed by atoms with E-state index in [1.807, 2.05) is 38.1 Å². The number of nitrogens with zero attached hydrogens (tertiary/aromatic N) is 4. The van der Waals surface area contributed by atoms with E-state index in [2.05, 4.69) is 42.8 Å². The largest absolute Gasteiger partial charge is 0.490 e. The van der Waals surface area contributed by atoms with Crippen LogP contribution in [0.5, 0.6) is 5.75 Å². The van der Waals surface area contributed by atoms with Gasteiger partial charge in [-0.1, -0.05) is 24.3 Å². The van der Waals surface area contributed by atoms with Crippen molar-refractivity contribution >= 4 is 22.6 Å². The Balaban J connectivity index is 1.61. The smallest absolute Gasteiger partial charge is 0.155 e. The number of fused-ring (bicyclic) bond motifs is 1. The molecule has 0 fully saturated rings. The summed E-state index contributed by atoms with van der Waals surface area (Å²) in [5, 5.41) is 9.62. The molecule has 1 heterocycles. The van der Waals surface area contributed by atoms with Gasteiger partial charge in [0.15, 0.2) is 16.9 Å². The van der Waals surface area contributed by atoms with Gasteiger partial charge in [0.25, 0.3) is 0 Å². The van der Waals surface area contributed by atoms with Gasteiger partial charge in [0.2, 0.25) is 0 Å². The van der Waals surface area contributed by atoms with Crippen LogP contribution in [-0.2, 0) is 21.7 Å². The average molecular weight is 519 g/mol. The number of aliphatic imine (C=N–C) groups is 2. The minimum atomic E-state index is -1.27. The molecule has 0 N–H and O–H groups in total. The van der Waals surface area contributed by atoms with Crippen LogP contribution in [0, 0.1) is 17.2 Å². The summed E-state index contributed by atoms with van der Waals surface area (Å²) in [4.78, 5) is 12.0. The van der Waals surface area contributed by atoms with Crippen LogP contribution in [0.3, 0.4) is 0 Å². The van der Waals surface area contributed by atoms with E-state index in [1.165, 1.54) is 11.1 Å². The van der Waals surface area contributed by atoms with Crippen LogP contribution in [0.1, 0.15) is 54.1 Å². The van der Waals surface area contributed by atoms with E-state index in [0.29, 0.717) is 36.9 Å². The zero-order valence-electron chi connectivity index (χ0n) is 21.9. The zero-order valence-corrected chi connectivity index (χ0v) is 22.8. The highest BCUT2D eigenvalue weighted by Crippen LogP contribution is 2.43. The van der Waals surface area contributed by atoms with Crippen LogP contribution in [0.2, 0.25) is 0 Å². The first-order valence-electron chi connectivity index (χ1n) is 12.6. The van der Waals surface area contributed by atoms with E-state index < -0.39 is 11.1 Å². The van der Waals surface area contributed by atoms with Crippen LogP contribution in [0.25, 0.3) is 0 Å². The Hall–Kier alpha value is -3.12. The van der Waals surface area contributed by atoms with Gasteiger partial charge >= 0.3 is 0 Å². The van der Waals surface area contributed by atoms with Gasteiger partial charge in [-0.2, -0.15) is 5.26 Å². The lowest BCUT2D eigenvalue weighted by atomic mass is 9.96. The molecule has 2 aliphatic rings. The van der Waals surface area contributed by atoms with Crippen molar-refractivity contribution in [2.75, 3.05) is 33.0 Å². The van der Waals surface area contributed by atoms with Gasteiger partial charge in [0.1, 0.15) is 11.8 Å². The third-order valence-corrected chi connectivity index (χ3v) is 7.24. The highest BCUT2D eigenvalue weighted by molar-refractivity contribution is 7.79. The third-order valence-electron chi connectivity index (χ3n) is 6.74. The van der Waals surface area contributed by atoms with E-state index in [1.54, 1.807) is 6.26 Å². The van der Waals surface area contributed by atoms with Crippen LogP contribution in [0.15, 0.2) is 59.0 Å². The maximum atomic E-state index is 11.3. The minimum Gasteiger partial charge on any atom is -0.490 e. The molecule has 0 aromatic heterocycles. The molecule has 4 rings (SSSR count). The van der Waals surface area contributed by atoms with Crippen LogP contribution >= 0.6 is 0 Å². The predicted molar refractivity (Wildman–Crippen MR) is 149 cm³/mol. The second-order valence-electron chi connectivity index (χ2n) is 9.70. The lowest BCUT2D eigenvalue weighted by Gasteiger charge is -2.30. The molecule has 0 saturated carbocycles. The first-order valence-corrected chi connectivity index (χ1v) is 14.0. The molecule has 0 amide bonds. The third kappa shape index (κ3) is 6.07. The van der Waals surface area contributed by atoms with Crippen molar-refractivity contribution in [1.29, 1.82) is 5.26 Å². The SMILES string of the molecule is C=CC[C@@H]1Cc2c(C3=NCC(c4ccc(OC(C)C)c(C#N)c4)=N3)cccc2[C@@H]1N(C)CCOS(C)=O. The van der Waals surface area contributed by atoms with Gasteiger partial charge in [0.05, 0.1) is 30.5 Å². The summed E-state index contributed by atoms with van der Waals surface area (Å²) in [6.07, 6.45) is 5.33. The molecule has 7 nitrogen and oxygen atoms in total. The van der Waals surface area contributed by atoms with E-state index in [4.69, 9.17) is 18.9 Å². The van der Waals surface area contributed by atoms with Gasteiger partial charge in [-0.3, -0.25) is 14.1 Å². The Morgan fingerprint density at radius 3 is 2.84 bits per heavy atom. The number of hydrogen-bond donors (Lipinski definition) is 0. The molecule has 0 saturated heterocycles. The molecule has 2 aromatic rings. The van der Waals surface area contributed by atoms with Crippen molar-refractivity contribution in [1.82, 2.24) is 4.90 Å². The summed E-state index contributed by atoms with van der Waals surface area (Å²) in [5.74, 6) is 1.70. The fourth-order valence-electron chi connectivity index (χ4n) is 5.21. The molecule has 1 aliphatic carbocycles. The normalized spacial score (nSPS) is 19.4. The molecular formula is C29H34N4O3S. The molecule has 3 atom stereocenters. The van der Waals surface area contributed by atoms with Crippen molar-refractivity contribution in [3.63, 3.8) is 0 Å². The number of amidine groups is 1. The summed E-state index contributed by atoms with van der Waals surface area (Å²) >= 11 is -1.27. The van der Waals surface area contributed by atoms with Crippen molar-refractivity contribution in [2.24, 2.45) is 15.9 Å². The van der Waals surface area contributed by atoms with Gasteiger partial charge in [-0.25, -0.2) is 9.20 Å². The van der Waals surface area contributed by atoms with Crippen LogP contribution in [-0.4, -0.2) is 59.8 Å². The maximum Gasteiger partial charge on any atom is 0.155 e. The van der Waals surface area contributed by atoms with Crippen LogP contribution < -0.4 is 4.74 Å². The van der Waals surface area contributed by atoms with Crippen molar-refractivity contribution < 1.29 is 13.1 Å². The zero-order chi connectivity index (χ0) is 26.5. The number of nitriles is 1. The molecule has 0 spiro atoms. The first kappa shape index (κ1) is 26.9. The number of likely N-dealkylation sites (N-methyl/N-ethyl adjacent to an activating group) is 1. The van der Waals surface area contributed by atoms with Crippen molar-refractivity contribution in [2.45, 2.75) is 38.8 Å². The topological polar surface area (TPSA) is 87.3 Å². The number of ether oxygens (including phenoxy) is 1. The number of allylic oxidation sites excluding steroid dienone is 1. The molecule has 8 heteroatoms. The minimum absolute atomic E-state index is 0.00665. The summed E-state index contributed by atoms with van der Waals surface area (Å²) < 4.78 is 22.4. The highest BCUT2D eigenvalue weighted by atomic mass is 32.2. The molecule has 2 aromatic carbocycles. The Kier molecular flexibility index (Phi) is 8.70. The van der Waals surface area contributed by atoms with Gasteiger partial charge < -0.3 is 4.74 Å². The predicted octanol–water partition coefficient (Wildman–Crippen LogP) is 4.63. The lowest BCUT2D eigenvalue weighted by molar-refractivity contribution is 0.163. The molecule has 1 unspecified atom stereocenters. The number of benzene rings is 2. The number of rotatable bonds is 11. The summed E-state index contributed by atoms with van der Waals surface area (Å²) in [6.45, 7) is 9.44. The standard InChI is InChI=1S/C29H34N4O3S/c1-6-8-21-16-25-23(28(21)33(4)13-14-35-37(5)34)9-7-10-24(25)29-31-18-26(32-29)20-11-12-27(36-19(2)3)22(15-20)17-30/h6-7,9-12,15,19,21,28H,1,8,13-14,16,18H2,2-5H3/t21-,28-,37?/m1/s1. The quantitative estimate of drug-likeness (QED) is 0.405. The van der Waals surface area contributed by atoms with Crippen LogP contribution in [0.4, 0.5) is 0 Å².